The topological polar surface area (TPSA) is 59.5 Å². The Morgan fingerprint density at radius 2 is 2.05 bits per heavy atom. The van der Waals surface area contributed by atoms with E-state index in [-0.39, 0.29) is 0 Å². The molecule has 5 nitrogen and oxygen atoms in total. The highest BCUT2D eigenvalue weighted by Gasteiger charge is 2.13. The zero-order valence-corrected chi connectivity index (χ0v) is 12.1. The van der Waals surface area contributed by atoms with E-state index in [1.54, 1.807) is 6.20 Å². The lowest BCUT2D eigenvalue weighted by atomic mass is 10.2. The van der Waals surface area contributed by atoms with Gasteiger partial charge in [0.2, 0.25) is 0 Å². The van der Waals surface area contributed by atoms with E-state index in [2.05, 4.69) is 33.2 Å². The monoisotopic (exact) mass is 281 g/mol. The first-order valence-electron chi connectivity index (χ1n) is 7.08. The van der Waals surface area contributed by atoms with Crippen molar-refractivity contribution in [1.29, 1.82) is 0 Å². The quantitative estimate of drug-likeness (QED) is 0.777. The summed E-state index contributed by atoms with van der Waals surface area (Å²) in [6, 6.07) is 12.4. The molecule has 2 N–H and O–H groups in total. The predicted octanol–water partition coefficient (Wildman–Crippen LogP) is 2.00. The second kappa shape index (κ2) is 5.93. The van der Waals surface area contributed by atoms with Crippen molar-refractivity contribution in [3.8, 4) is 0 Å². The fourth-order valence-corrected chi connectivity index (χ4v) is 2.49. The fourth-order valence-electron chi connectivity index (χ4n) is 2.49. The second-order valence-electron chi connectivity index (χ2n) is 5.06. The Morgan fingerprint density at radius 1 is 1.24 bits per heavy atom. The predicted molar refractivity (Wildman–Crippen MR) is 84.3 cm³/mol. The van der Waals surface area contributed by atoms with E-state index in [0.29, 0.717) is 6.54 Å². The molecule has 0 atom stereocenters. The van der Waals surface area contributed by atoms with Gasteiger partial charge in [-0.25, -0.2) is 9.50 Å². The average Bonchev–Trinajstić information content (AvgIpc) is 2.88. The highest BCUT2D eigenvalue weighted by molar-refractivity contribution is 5.69. The van der Waals surface area contributed by atoms with Gasteiger partial charge in [0.25, 0.3) is 0 Å². The first-order chi connectivity index (χ1) is 10.3. The molecule has 3 aromatic rings. The molecule has 3 rings (SSSR count). The number of nitrogens with two attached hydrogens (primary N) is 1. The van der Waals surface area contributed by atoms with Crippen molar-refractivity contribution < 1.29 is 0 Å². The van der Waals surface area contributed by atoms with Gasteiger partial charge in [0.15, 0.2) is 5.82 Å². The van der Waals surface area contributed by atoms with E-state index in [4.69, 9.17) is 5.73 Å². The number of nitrogens with zero attached hydrogens (tertiary/aromatic N) is 4. The van der Waals surface area contributed by atoms with Gasteiger partial charge in [-0.1, -0.05) is 30.3 Å². The highest BCUT2D eigenvalue weighted by atomic mass is 15.3. The van der Waals surface area contributed by atoms with Crippen LogP contribution in [0.5, 0.6) is 0 Å². The van der Waals surface area contributed by atoms with Crippen molar-refractivity contribution >= 4 is 11.3 Å². The van der Waals surface area contributed by atoms with Crippen molar-refractivity contribution in [3.63, 3.8) is 0 Å². The molecule has 0 aliphatic carbocycles. The Bertz CT molecular complexity index is 720. The van der Waals surface area contributed by atoms with E-state index in [1.165, 1.54) is 5.56 Å². The maximum Gasteiger partial charge on any atom is 0.155 e. The Kier molecular flexibility index (Phi) is 3.83. The molecule has 0 aliphatic heterocycles. The summed E-state index contributed by atoms with van der Waals surface area (Å²) in [7, 11) is 0. The molecule has 21 heavy (non-hydrogen) atoms. The Balaban J connectivity index is 1.99. The van der Waals surface area contributed by atoms with Gasteiger partial charge in [-0.15, -0.1) is 0 Å². The van der Waals surface area contributed by atoms with Crippen LogP contribution < -0.4 is 10.6 Å². The van der Waals surface area contributed by atoms with Crippen molar-refractivity contribution in [2.24, 2.45) is 5.73 Å². The summed E-state index contributed by atoms with van der Waals surface area (Å²) in [5.74, 6) is 0.924. The van der Waals surface area contributed by atoms with Crippen LogP contribution in [-0.4, -0.2) is 27.7 Å². The average molecular weight is 281 g/mol. The molecule has 108 valence electrons. The van der Waals surface area contributed by atoms with Crippen LogP contribution in [0.3, 0.4) is 0 Å². The van der Waals surface area contributed by atoms with Gasteiger partial charge in [0.05, 0.1) is 5.69 Å². The lowest BCUT2D eigenvalue weighted by molar-refractivity contribution is 0.772. The number of hydrogen-bond donors (Lipinski definition) is 1. The molecule has 0 radical (unpaired) electrons. The number of aryl methyl sites for hydroxylation is 1. The van der Waals surface area contributed by atoms with Crippen LogP contribution in [0.1, 0.15) is 11.3 Å². The molecule has 0 fully saturated rings. The van der Waals surface area contributed by atoms with Crippen molar-refractivity contribution in [3.05, 3.63) is 60.0 Å². The summed E-state index contributed by atoms with van der Waals surface area (Å²) in [6.07, 6.45) is 3.65. The van der Waals surface area contributed by atoms with Crippen LogP contribution in [0.4, 0.5) is 5.82 Å². The smallest absolute Gasteiger partial charge is 0.155 e. The first-order valence-corrected chi connectivity index (χ1v) is 7.08. The van der Waals surface area contributed by atoms with E-state index >= 15 is 0 Å². The number of hydrogen-bond acceptors (Lipinski definition) is 4. The molecule has 2 aromatic heterocycles. The SMILES string of the molecule is Cc1cc2c(N(CCN)Cc3ccccc3)nccn2n1. The number of benzene rings is 1. The highest BCUT2D eigenvalue weighted by Crippen LogP contribution is 2.21. The third kappa shape index (κ3) is 2.87. The zero-order valence-electron chi connectivity index (χ0n) is 12.1. The van der Waals surface area contributed by atoms with E-state index in [0.717, 1.165) is 30.1 Å². The van der Waals surface area contributed by atoms with Gasteiger partial charge in [0.1, 0.15) is 5.52 Å². The standard InChI is InChI=1S/C16H19N5/c1-13-11-15-16(18-8-10-21(15)19-13)20(9-7-17)12-14-5-3-2-4-6-14/h2-6,8,10-11H,7,9,12,17H2,1H3. The van der Waals surface area contributed by atoms with Crippen LogP contribution in [0.2, 0.25) is 0 Å². The summed E-state index contributed by atoms with van der Waals surface area (Å²) < 4.78 is 1.87. The number of fused-ring (bicyclic) bond motifs is 1. The minimum absolute atomic E-state index is 0.586. The van der Waals surface area contributed by atoms with Gasteiger partial charge >= 0.3 is 0 Å². The van der Waals surface area contributed by atoms with Gasteiger partial charge in [-0.3, -0.25) is 0 Å². The summed E-state index contributed by atoms with van der Waals surface area (Å²) in [4.78, 5) is 6.75. The molecule has 0 saturated carbocycles. The molecule has 0 spiro atoms. The molecule has 0 bridgehead atoms. The summed E-state index contributed by atoms with van der Waals surface area (Å²) in [5, 5.41) is 4.44. The molecular weight excluding hydrogens is 262 g/mol. The normalized spacial score (nSPS) is 11.0. The largest absolute Gasteiger partial charge is 0.349 e. The molecule has 2 heterocycles. The molecule has 0 unspecified atom stereocenters. The molecule has 0 amide bonds. The minimum Gasteiger partial charge on any atom is -0.349 e. The maximum absolute atomic E-state index is 5.78. The summed E-state index contributed by atoms with van der Waals surface area (Å²) in [6.45, 7) is 4.12. The lowest BCUT2D eigenvalue weighted by Crippen LogP contribution is -2.30. The molecule has 0 aliphatic rings. The fraction of sp³-hybridized carbons (Fsp3) is 0.250. The Morgan fingerprint density at radius 3 is 2.81 bits per heavy atom. The third-order valence-corrected chi connectivity index (χ3v) is 3.41. The second-order valence-corrected chi connectivity index (χ2v) is 5.06. The van der Waals surface area contributed by atoms with Gasteiger partial charge < -0.3 is 10.6 Å². The molecule has 1 aromatic carbocycles. The van der Waals surface area contributed by atoms with Crippen LogP contribution in [-0.2, 0) is 6.54 Å². The molecular formula is C16H19N5. The summed E-state index contributed by atoms with van der Waals surface area (Å²) >= 11 is 0. The van der Waals surface area contributed by atoms with E-state index < -0.39 is 0 Å². The van der Waals surface area contributed by atoms with E-state index in [1.807, 2.05) is 35.8 Å². The number of rotatable bonds is 5. The van der Waals surface area contributed by atoms with Crippen LogP contribution in [0, 0.1) is 6.92 Å². The zero-order chi connectivity index (χ0) is 14.7. The van der Waals surface area contributed by atoms with Crippen LogP contribution in [0.15, 0.2) is 48.8 Å². The van der Waals surface area contributed by atoms with Gasteiger partial charge in [-0.2, -0.15) is 5.10 Å². The van der Waals surface area contributed by atoms with Gasteiger partial charge in [-0.05, 0) is 18.6 Å². The van der Waals surface area contributed by atoms with Crippen LogP contribution >= 0.6 is 0 Å². The van der Waals surface area contributed by atoms with Gasteiger partial charge in [0, 0.05) is 32.0 Å². The van der Waals surface area contributed by atoms with Crippen molar-refractivity contribution in [1.82, 2.24) is 14.6 Å². The number of aromatic nitrogens is 3. The number of anilines is 1. The minimum atomic E-state index is 0.586. The molecule has 5 heteroatoms. The molecule has 0 saturated heterocycles. The Labute approximate surface area is 124 Å². The van der Waals surface area contributed by atoms with E-state index in [9.17, 15) is 0 Å². The van der Waals surface area contributed by atoms with Crippen molar-refractivity contribution in [2.75, 3.05) is 18.0 Å². The first kappa shape index (κ1) is 13.6. The lowest BCUT2D eigenvalue weighted by Gasteiger charge is -2.23. The summed E-state index contributed by atoms with van der Waals surface area (Å²) in [5.41, 5.74) is 9.02. The third-order valence-electron chi connectivity index (χ3n) is 3.41. The Hall–Kier alpha value is -2.40. The van der Waals surface area contributed by atoms with Crippen molar-refractivity contribution in [2.45, 2.75) is 13.5 Å². The van der Waals surface area contributed by atoms with Crippen LogP contribution in [0.25, 0.3) is 5.52 Å². The maximum atomic E-state index is 5.78.